The maximum Gasteiger partial charge on any atom is 0.163 e. The molecular weight excluding hydrogens is 264 g/mol. The van der Waals surface area contributed by atoms with Gasteiger partial charge in [-0.1, -0.05) is 49.7 Å². The number of Topliss-reactive ketones (excluding diaryl/α,β-unsaturated/α-hetero) is 1. The molecule has 2 rings (SSSR count). The topological polar surface area (TPSA) is 17.1 Å². The van der Waals surface area contributed by atoms with Crippen LogP contribution in [0.3, 0.4) is 0 Å². The van der Waals surface area contributed by atoms with Crippen molar-refractivity contribution in [3.05, 3.63) is 33.8 Å². The Morgan fingerprint density at radius 1 is 1.25 bits per heavy atom. The molecule has 0 spiro atoms. The molecule has 0 N–H and O–H groups in total. The fourth-order valence-electron chi connectivity index (χ4n) is 2.03. The lowest BCUT2D eigenvalue weighted by atomic mass is 9.72. The Balaban J connectivity index is 0.000000606. The molecule has 88 valence electrons. The fraction of sp³-hybridized carbons (Fsp3) is 0.500. The number of fused-ring (bicyclic) bond motifs is 1. The molecule has 0 saturated heterocycles. The number of halogens is 1. The van der Waals surface area contributed by atoms with Gasteiger partial charge in [0.05, 0.1) is 0 Å². The van der Waals surface area contributed by atoms with Gasteiger partial charge in [0.1, 0.15) is 0 Å². The van der Waals surface area contributed by atoms with Gasteiger partial charge in [-0.15, -0.1) is 0 Å². The van der Waals surface area contributed by atoms with Gasteiger partial charge < -0.3 is 0 Å². The minimum atomic E-state index is 0.143. The Hall–Kier alpha value is -0.630. The molecule has 2 heteroatoms. The van der Waals surface area contributed by atoms with Crippen molar-refractivity contribution in [2.75, 3.05) is 0 Å². The maximum atomic E-state index is 11.7. The van der Waals surface area contributed by atoms with Crippen LogP contribution in [0.15, 0.2) is 22.7 Å². The highest BCUT2D eigenvalue weighted by Crippen LogP contribution is 2.37. The first-order valence-corrected chi connectivity index (χ1v) is 6.63. The molecule has 0 bridgehead atoms. The molecule has 1 nitrogen and oxygen atoms in total. The van der Waals surface area contributed by atoms with Crippen LogP contribution < -0.4 is 0 Å². The number of hydrogen-bond acceptors (Lipinski definition) is 1. The highest BCUT2D eigenvalue weighted by atomic mass is 79.9. The summed E-state index contributed by atoms with van der Waals surface area (Å²) in [6, 6.07) is 6.02. The molecule has 0 aliphatic heterocycles. The molecule has 0 unspecified atom stereocenters. The van der Waals surface area contributed by atoms with E-state index < -0.39 is 0 Å². The third-order valence-electron chi connectivity index (χ3n) is 2.99. The largest absolute Gasteiger partial charge is 0.294 e. The number of benzene rings is 1. The average Bonchev–Trinajstić information content (AvgIpc) is 2.27. The van der Waals surface area contributed by atoms with Gasteiger partial charge in [0.25, 0.3) is 0 Å². The molecule has 0 aromatic heterocycles. The molecule has 0 heterocycles. The van der Waals surface area contributed by atoms with Crippen molar-refractivity contribution in [2.24, 2.45) is 0 Å². The van der Waals surface area contributed by atoms with Crippen LogP contribution in [-0.4, -0.2) is 5.78 Å². The quantitative estimate of drug-likeness (QED) is 0.672. The standard InChI is InChI=1S/C12H13BrO.C2H6/c1-12(2)6-5-11(14)9-7-8(13)3-4-10(9)12;1-2/h3-4,7H,5-6H2,1-2H3;1-2H3. The van der Waals surface area contributed by atoms with E-state index in [4.69, 9.17) is 0 Å². The minimum absolute atomic E-state index is 0.143. The number of ketones is 1. The lowest BCUT2D eigenvalue weighted by Crippen LogP contribution is -2.27. The van der Waals surface area contributed by atoms with Crippen LogP contribution in [0.1, 0.15) is 56.5 Å². The Bertz CT molecular complexity index is 394. The molecule has 0 atom stereocenters. The predicted octanol–water partition coefficient (Wildman–Crippen LogP) is 4.73. The smallest absolute Gasteiger partial charge is 0.163 e. The maximum absolute atomic E-state index is 11.7. The second-order valence-corrected chi connectivity index (χ2v) is 5.41. The number of carbonyl (C=O) groups excluding carboxylic acids is 1. The Morgan fingerprint density at radius 3 is 2.50 bits per heavy atom. The van der Waals surface area contributed by atoms with E-state index in [0.717, 1.165) is 16.5 Å². The van der Waals surface area contributed by atoms with Crippen molar-refractivity contribution in [3.8, 4) is 0 Å². The second-order valence-electron chi connectivity index (χ2n) is 4.50. The van der Waals surface area contributed by atoms with Crippen LogP contribution in [0.4, 0.5) is 0 Å². The summed E-state index contributed by atoms with van der Waals surface area (Å²) in [6.07, 6.45) is 1.64. The fourth-order valence-corrected chi connectivity index (χ4v) is 2.39. The van der Waals surface area contributed by atoms with Crippen LogP contribution in [-0.2, 0) is 5.41 Å². The van der Waals surface area contributed by atoms with Crippen molar-refractivity contribution in [1.29, 1.82) is 0 Å². The minimum Gasteiger partial charge on any atom is -0.294 e. The molecule has 0 fully saturated rings. The second kappa shape index (κ2) is 5.13. The lowest BCUT2D eigenvalue weighted by molar-refractivity contribution is 0.0956. The molecule has 0 radical (unpaired) electrons. The van der Waals surface area contributed by atoms with Crippen molar-refractivity contribution in [1.82, 2.24) is 0 Å². The van der Waals surface area contributed by atoms with Gasteiger partial charge in [-0.3, -0.25) is 4.79 Å². The Labute approximate surface area is 106 Å². The summed E-state index contributed by atoms with van der Waals surface area (Å²) in [6.45, 7) is 8.40. The summed E-state index contributed by atoms with van der Waals surface area (Å²) in [7, 11) is 0. The first-order valence-electron chi connectivity index (χ1n) is 5.84. The van der Waals surface area contributed by atoms with Crippen LogP contribution in [0.2, 0.25) is 0 Å². The zero-order chi connectivity index (χ0) is 12.3. The van der Waals surface area contributed by atoms with Crippen molar-refractivity contribution < 1.29 is 4.79 Å². The van der Waals surface area contributed by atoms with E-state index >= 15 is 0 Å². The zero-order valence-corrected chi connectivity index (χ0v) is 12.0. The van der Waals surface area contributed by atoms with Gasteiger partial charge in [0, 0.05) is 16.5 Å². The summed E-state index contributed by atoms with van der Waals surface area (Å²) in [5, 5.41) is 0. The highest BCUT2D eigenvalue weighted by molar-refractivity contribution is 9.10. The molecule has 1 aromatic carbocycles. The van der Waals surface area contributed by atoms with E-state index in [-0.39, 0.29) is 11.2 Å². The van der Waals surface area contributed by atoms with Gasteiger partial charge >= 0.3 is 0 Å². The Morgan fingerprint density at radius 2 is 1.88 bits per heavy atom. The SMILES string of the molecule is CC.CC1(C)CCC(=O)c2cc(Br)ccc21. The van der Waals surface area contributed by atoms with Gasteiger partial charge in [-0.2, -0.15) is 0 Å². The van der Waals surface area contributed by atoms with Gasteiger partial charge in [-0.25, -0.2) is 0 Å². The first kappa shape index (κ1) is 13.4. The van der Waals surface area contributed by atoms with Crippen molar-refractivity contribution in [2.45, 2.75) is 46.0 Å². The van der Waals surface area contributed by atoms with Crippen molar-refractivity contribution >= 4 is 21.7 Å². The van der Waals surface area contributed by atoms with Crippen molar-refractivity contribution in [3.63, 3.8) is 0 Å². The van der Waals surface area contributed by atoms with Crippen LogP contribution in [0.5, 0.6) is 0 Å². The average molecular weight is 283 g/mol. The summed E-state index contributed by atoms with van der Waals surface area (Å²) < 4.78 is 0.988. The van der Waals surface area contributed by atoms with E-state index in [1.165, 1.54) is 5.56 Å². The third-order valence-corrected chi connectivity index (χ3v) is 3.48. The summed E-state index contributed by atoms with van der Waals surface area (Å²) in [4.78, 5) is 11.7. The van der Waals surface area contributed by atoms with Crippen LogP contribution in [0.25, 0.3) is 0 Å². The number of carbonyl (C=O) groups is 1. The third kappa shape index (κ3) is 2.54. The summed E-state index contributed by atoms with van der Waals surface area (Å²) in [5.41, 5.74) is 2.23. The summed E-state index contributed by atoms with van der Waals surface area (Å²) >= 11 is 3.40. The van der Waals surface area contributed by atoms with Gasteiger partial charge in [0.15, 0.2) is 5.78 Å². The molecule has 0 amide bonds. The molecule has 1 aromatic rings. The molecule has 1 aliphatic carbocycles. The molecular formula is C14H19BrO. The van der Waals surface area contributed by atoms with Crippen LogP contribution in [0, 0.1) is 0 Å². The lowest BCUT2D eigenvalue weighted by Gasteiger charge is -2.31. The highest BCUT2D eigenvalue weighted by Gasteiger charge is 2.31. The van der Waals surface area contributed by atoms with E-state index in [1.54, 1.807) is 0 Å². The number of rotatable bonds is 0. The van der Waals surface area contributed by atoms with Gasteiger partial charge in [0.2, 0.25) is 0 Å². The molecule has 1 aliphatic rings. The zero-order valence-electron chi connectivity index (χ0n) is 10.4. The van der Waals surface area contributed by atoms with E-state index in [2.05, 4.69) is 35.8 Å². The first-order chi connectivity index (χ1) is 7.50. The molecule has 16 heavy (non-hydrogen) atoms. The Kier molecular flexibility index (Phi) is 4.31. The number of hydrogen-bond donors (Lipinski definition) is 0. The summed E-state index contributed by atoms with van der Waals surface area (Å²) in [5.74, 6) is 0.278. The van der Waals surface area contributed by atoms with Gasteiger partial charge in [-0.05, 0) is 29.5 Å². The predicted molar refractivity (Wildman–Crippen MR) is 72.1 cm³/mol. The van der Waals surface area contributed by atoms with E-state index in [0.29, 0.717) is 6.42 Å². The normalized spacial score (nSPS) is 17.2. The van der Waals surface area contributed by atoms with Crippen LogP contribution >= 0.6 is 15.9 Å². The molecule has 0 saturated carbocycles. The van der Waals surface area contributed by atoms with E-state index in [1.807, 2.05) is 26.0 Å². The monoisotopic (exact) mass is 282 g/mol. The van der Waals surface area contributed by atoms with E-state index in [9.17, 15) is 4.79 Å².